The van der Waals surface area contributed by atoms with Crippen LogP contribution in [0.3, 0.4) is 0 Å². The molecule has 2 aliphatic heterocycles. The van der Waals surface area contributed by atoms with Gasteiger partial charge in [-0.2, -0.15) is 4.31 Å². The molecule has 186 valence electrons. The van der Waals surface area contributed by atoms with E-state index in [4.69, 9.17) is 0 Å². The predicted molar refractivity (Wildman–Crippen MR) is 140 cm³/mol. The van der Waals surface area contributed by atoms with Crippen LogP contribution in [0.4, 0.5) is 5.69 Å². The highest BCUT2D eigenvalue weighted by Crippen LogP contribution is 2.26. The number of rotatable bonds is 5. The molecule has 0 radical (unpaired) electrons. The van der Waals surface area contributed by atoms with Gasteiger partial charge in [0, 0.05) is 50.8 Å². The van der Waals surface area contributed by atoms with Crippen LogP contribution in [0, 0.1) is 12.8 Å². The van der Waals surface area contributed by atoms with E-state index in [0.717, 1.165) is 42.3 Å². The highest BCUT2D eigenvalue weighted by atomic mass is 35.5. The van der Waals surface area contributed by atoms with E-state index in [-0.39, 0.29) is 29.8 Å². The Bertz CT molecular complexity index is 1290. The molecule has 35 heavy (non-hydrogen) atoms. The number of halogens is 1. The molecular weight excluding hydrogens is 484 g/mol. The summed E-state index contributed by atoms with van der Waals surface area (Å²) in [7, 11) is -3.72. The summed E-state index contributed by atoms with van der Waals surface area (Å²) in [6.45, 7) is 5.30. The maximum Gasteiger partial charge on any atom is 0.243 e. The number of aromatic nitrogens is 1. The van der Waals surface area contributed by atoms with E-state index in [1.807, 2.05) is 60.6 Å². The summed E-state index contributed by atoms with van der Waals surface area (Å²) in [5, 5.41) is 1.89. The molecule has 0 N–H and O–H groups in total. The summed E-state index contributed by atoms with van der Waals surface area (Å²) >= 11 is 0. The van der Waals surface area contributed by atoms with Crippen LogP contribution >= 0.6 is 12.4 Å². The van der Waals surface area contributed by atoms with Crippen LogP contribution in [-0.2, 0) is 14.8 Å². The fourth-order valence-corrected chi connectivity index (χ4v) is 6.39. The van der Waals surface area contributed by atoms with Gasteiger partial charge in [0.1, 0.15) is 0 Å². The number of pyridine rings is 1. The number of sulfonamides is 1. The highest BCUT2D eigenvalue weighted by molar-refractivity contribution is 7.89. The molecule has 2 aliphatic rings. The monoisotopic (exact) mass is 514 g/mol. The van der Waals surface area contributed by atoms with Gasteiger partial charge in [0.15, 0.2) is 0 Å². The lowest BCUT2D eigenvalue weighted by atomic mass is 9.95. The topological polar surface area (TPSA) is 73.8 Å². The maximum absolute atomic E-state index is 13.3. The van der Waals surface area contributed by atoms with Crippen molar-refractivity contribution in [2.24, 2.45) is 5.92 Å². The van der Waals surface area contributed by atoms with Crippen LogP contribution in [0.25, 0.3) is 10.8 Å². The molecule has 1 aromatic heterocycles. The molecule has 0 atom stereocenters. The van der Waals surface area contributed by atoms with Crippen molar-refractivity contribution in [3.8, 4) is 0 Å². The minimum absolute atomic E-state index is 0. The zero-order valence-electron chi connectivity index (χ0n) is 19.8. The molecule has 2 aromatic carbocycles. The van der Waals surface area contributed by atoms with Crippen molar-refractivity contribution in [2.75, 3.05) is 44.2 Å². The summed E-state index contributed by atoms with van der Waals surface area (Å²) in [5.74, 6) is 0.331. The Morgan fingerprint density at radius 2 is 1.60 bits per heavy atom. The molecule has 0 aliphatic carbocycles. The van der Waals surface area contributed by atoms with Gasteiger partial charge in [0.2, 0.25) is 15.9 Å². The Labute approximate surface area is 213 Å². The smallest absolute Gasteiger partial charge is 0.243 e. The first kappa shape index (κ1) is 25.4. The average Bonchev–Trinajstić information content (AvgIpc) is 2.86. The van der Waals surface area contributed by atoms with E-state index in [0.29, 0.717) is 25.6 Å². The van der Waals surface area contributed by atoms with Crippen molar-refractivity contribution in [1.29, 1.82) is 0 Å². The molecule has 0 saturated carbocycles. The second-order valence-corrected chi connectivity index (χ2v) is 11.3. The Kier molecular flexibility index (Phi) is 7.64. The third-order valence-electron chi connectivity index (χ3n) is 7.01. The molecule has 5 rings (SSSR count). The fraction of sp³-hybridized carbons (Fsp3) is 0.385. The second-order valence-electron chi connectivity index (χ2n) is 9.33. The number of piperazine rings is 1. The molecule has 9 heteroatoms. The number of hydrogen-bond acceptors (Lipinski definition) is 5. The summed E-state index contributed by atoms with van der Waals surface area (Å²) < 4.78 is 27.8. The number of benzene rings is 2. The van der Waals surface area contributed by atoms with Crippen molar-refractivity contribution in [1.82, 2.24) is 14.2 Å². The van der Waals surface area contributed by atoms with Crippen LogP contribution in [0.1, 0.15) is 18.4 Å². The van der Waals surface area contributed by atoms with E-state index in [9.17, 15) is 13.2 Å². The quantitative estimate of drug-likeness (QED) is 0.519. The molecule has 1 amide bonds. The fourth-order valence-electron chi connectivity index (χ4n) is 4.98. The predicted octanol–water partition coefficient (Wildman–Crippen LogP) is 3.71. The summed E-state index contributed by atoms with van der Waals surface area (Å²) in [6, 6.07) is 15.2. The third-order valence-corrected chi connectivity index (χ3v) is 8.85. The van der Waals surface area contributed by atoms with E-state index in [1.165, 1.54) is 9.99 Å². The van der Waals surface area contributed by atoms with Crippen LogP contribution in [0.2, 0.25) is 0 Å². The Morgan fingerprint density at radius 1 is 0.914 bits per heavy atom. The molecular formula is C26H31ClN4O3S. The van der Waals surface area contributed by atoms with E-state index in [1.54, 1.807) is 12.1 Å². The second kappa shape index (κ2) is 10.5. The number of anilines is 1. The largest absolute Gasteiger partial charge is 0.371 e. The number of fused-ring (bicyclic) bond motifs is 1. The van der Waals surface area contributed by atoms with Crippen molar-refractivity contribution >= 4 is 44.8 Å². The minimum Gasteiger partial charge on any atom is -0.371 e. The molecule has 2 saturated heterocycles. The lowest BCUT2D eigenvalue weighted by Gasteiger charge is -2.38. The van der Waals surface area contributed by atoms with Crippen molar-refractivity contribution in [3.63, 3.8) is 0 Å². The van der Waals surface area contributed by atoms with Crippen LogP contribution < -0.4 is 4.90 Å². The first-order valence-corrected chi connectivity index (χ1v) is 13.3. The van der Waals surface area contributed by atoms with Crippen LogP contribution in [0.5, 0.6) is 0 Å². The molecule has 3 heterocycles. The van der Waals surface area contributed by atoms with Gasteiger partial charge in [-0.15, -0.1) is 12.4 Å². The average molecular weight is 515 g/mol. The number of piperidine rings is 1. The van der Waals surface area contributed by atoms with Gasteiger partial charge in [0.25, 0.3) is 0 Å². The number of carbonyl (C=O) groups excluding carboxylic acids is 1. The normalized spacial score (nSPS) is 18.0. The van der Waals surface area contributed by atoms with Gasteiger partial charge in [-0.1, -0.05) is 29.8 Å². The van der Waals surface area contributed by atoms with Gasteiger partial charge in [-0.25, -0.2) is 8.42 Å². The number of carbonyl (C=O) groups is 1. The SMILES string of the molecule is Cc1ccc2cc(S(=O)(=O)N3CCN(CC4CCN(c5ccncc5)CC4)C(=O)C3)ccc2c1.Cl. The maximum atomic E-state index is 13.3. The Balaban J connectivity index is 0.00000289. The number of hydrogen-bond donors (Lipinski definition) is 0. The van der Waals surface area contributed by atoms with Crippen molar-refractivity contribution in [2.45, 2.75) is 24.7 Å². The van der Waals surface area contributed by atoms with Gasteiger partial charge in [-0.05, 0) is 60.7 Å². The lowest BCUT2D eigenvalue weighted by molar-refractivity contribution is -0.134. The molecule has 0 unspecified atom stereocenters. The first-order valence-electron chi connectivity index (χ1n) is 11.8. The highest BCUT2D eigenvalue weighted by Gasteiger charge is 2.34. The standard InChI is InChI=1S/C26H30N4O3S.ClH/c1-20-2-3-23-17-25(5-4-22(23)16-20)34(32,33)30-15-14-29(26(31)19-30)18-21-8-12-28(13-9-21)24-6-10-27-11-7-24;/h2-7,10-11,16-17,21H,8-9,12-15,18-19H2,1H3;1H. The minimum atomic E-state index is -3.72. The van der Waals surface area contributed by atoms with Crippen LogP contribution in [-0.4, -0.2) is 67.8 Å². The van der Waals surface area contributed by atoms with E-state index >= 15 is 0 Å². The summed E-state index contributed by atoms with van der Waals surface area (Å²) in [4.78, 5) is 21.4. The molecule has 0 spiro atoms. The Hall–Kier alpha value is -2.68. The summed E-state index contributed by atoms with van der Waals surface area (Å²) in [5.41, 5.74) is 2.32. The van der Waals surface area contributed by atoms with E-state index in [2.05, 4.69) is 9.88 Å². The summed E-state index contributed by atoms with van der Waals surface area (Å²) in [6.07, 6.45) is 5.66. The number of nitrogens with zero attached hydrogens (tertiary/aromatic N) is 4. The third kappa shape index (κ3) is 5.44. The number of amides is 1. The van der Waals surface area contributed by atoms with E-state index < -0.39 is 10.0 Å². The lowest BCUT2D eigenvalue weighted by Crippen LogP contribution is -2.53. The molecule has 3 aromatic rings. The van der Waals surface area contributed by atoms with Gasteiger partial charge >= 0.3 is 0 Å². The van der Waals surface area contributed by atoms with Gasteiger partial charge in [-0.3, -0.25) is 9.78 Å². The molecule has 0 bridgehead atoms. The Morgan fingerprint density at radius 3 is 2.31 bits per heavy atom. The molecule has 2 fully saturated rings. The zero-order chi connectivity index (χ0) is 23.7. The van der Waals surface area contributed by atoms with Crippen molar-refractivity contribution in [3.05, 3.63) is 66.5 Å². The first-order chi connectivity index (χ1) is 16.4. The van der Waals surface area contributed by atoms with Crippen LogP contribution in [0.15, 0.2) is 65.8 Å². The van der Waals surface area contributed by atoms with Gasteiger partial charge < -0.3 is 9.80 Å². The zero-order valence-corrected chi connectivity index (χ0v) is 21.5. The molecule has 7 nitrogen and oxygen atoms in total. The van der Waals surface area contributed by atoms with Crippen molar-refractivity contribution < 1.29 is 13.2 Å². The van der Waals surface area contributed by atoms with Gasteiger partial charge in [0.05, 0.1) is 11.4 Å². The number of aryl methyl sites for hydroxylation is 1.